The summed E-state index contributed by atoms with van der Waals surface area (Å²) in [7, 11) is 1.76. The fourth-order valence-corrected chi connectivity index (χ4v) is 6.06. The summed E-state index contributed by atoms with van der Waals surface area (Å²) < 4.78 is 16.3. The number of aliphatic hydroxyl groups excluding tert-OH is 1. The number of halogens is 1. The van der Waals surface area contributed by atoms with Gasteiger partial charge in [-0.05, 0) is 107 Å². The lowest BCUT2D eigenvalue weighted by molar-refractivity contribution is 0.0754. The first kappa shape index (κ1) is 25.9. The van der Waals surface area contributed by atoms with E-state index >= 15 is 0 Å². The van der Waals surface area contributed by atoms with Crippen molar-refractivity contribution in [3.8, 4) is 5.69 Å². The molecule has 0 atom stereocenters. The number of carbonyl (C=O) groups is 1. The number of pyridine rings is 1. The van der Waals surface area contributed by atoms with Crippen molar-refractivity contribution in [2.45, 2.75) is 70.4 Å². The highest BCUT2D eigenvalue weighted by molar-refractivity contribution is 5.99. The van der Waals surface area contributed by atoms with Crippen molar-refractivity contribution in [3.05, 3.63) is 59.8 Å². The smallest absolute Gasteiger partial charge is 0.256 e. The molecule has 3 aromatic rings. The predicted molar refractivity (Wildman–Crippen MR) is 145 cm³/mol. The minimum Gasteiger partial charge on any atom is -0.393 e. The van der Waals surface area contributed by atoms with Crippen LogP contribution in [0.3, 0.4) is 0 Å². The second kappa shape index (κ2) is 10.9. The topological polar surface area (TPSA) is 61.6 Å². The third-order valence-corrected chi connectivity index (χ3v) is 8.54. The number of piperidine rings is 1. The number of rotatable bonds is 6. The molecule has 2 aliphatic rings. The summed E-state index contributed by atoms with van der Waals surface area (Å²) >= 11 is 0. The molecule has 0 unspecified atom stereocenters. The first-order chi connectivity index (χ1) is 17.8. The van der Waals surface area contributed by atoms with Gasteiger partial charge in [-0.1, -0.05) is 0 Å². The molecule has 1 saturated carbocycles. The number of aromatic nitrogens is 2. The number of amides is 1. The Morgan fingerprint density at radius 1 is 1.14 bits per heavy atom. The maximum absolute atomic E-state index is 14.3. The van der Waals surface area contributed by atoms with Crippen molar-refractivity contribution in [2.75, 3.05) is 26.7 Å². The number of hydrogen-bond acceptors (Lipinski definition) is 4. The third-order valence-electron chi connectivity index (χ3n) is 8.54. The van der Waals surface area contributed by atoms with E-state index in [1.807, 2.05) is 30.8 Å². The van der Waals surface area contributed by atoms with E-state index in [2.05, 4.69) is 22.1 Å². The van der Waals surface area contributed by atoms with E-state index in [1.54, 1.807) is 18.0 Å². The van der Waals surface area contributed by atoms with Gasteiger partial charge in [-0.3, -0.25) is 9.78 Å². The van der Waals surface area contributed by atoms with Crippen LogP contribution in [0, 0.1) is 11.7 Å². The van der Waals surface area contributed by atoms with Gasteiger partial charge < -0.3 is 19.5 Å². The second-order valence-corrected chi connectivity index (χ2v) is 11.3. The lowest BCUT2D eigenvalue weighted by Crippen LogP contribution is -2.37. The van der Waals surface area contributed by atoms with E-state index in [0.717, 1.165) is 69.1 Å². The number of hydrogen-bond donors (Lipinski definition) is 1. The number of likely N-dealkylation sites (tertiary alicyclic amines) is 1. The van der Waals surface area contributed by atoms with Crippen LogP contribution in [0.25, 0.3) is 16.6 Å². The summed E-state index contributed by atoms with van der Waals surface area (Å²) in [6.45, 7) is 7.18. The maximum Gasteiger partial charge on any atom is 0.256 e. The van der Waals surface area contributed by atoms with Gasteiger partial charge in [0, 0.05) is 37.4 Å². The zero-order chi connectivity index (χ0) is 26.1. The van der Waals surface area contributed by atoms with Crippen molar-refractivity contribution in [1.82, 2.24) is 19.4 Å². The van der Waals surface area contributed by atoms with Crippen molar-refractivity contribution in [1.29, 1.82) is 0 Å². The minimum absolute atomic E-state index is 0.00566. The van der Waals surface area contributed by atoms with E-state index in [0.29, 0.717) is 23.1 Å². The van der Waals surface area contributed by atoms with E-state index in [4.69, 9.17) is 0 Å². The molecule has 0 radical (unpaired) electrons. The standard InChI is InChI=1S/C30H39FN4O2/c1-20(2)33(3)30(37)26-16-23(31)6-9-28(26)35-19-27(25-10-13-32-17-29(25)35)22-11-14-34(15-12-22)18-21-4-7-24(36)8-5-21/h6,9-10,13,16-17,19-22,24,36H,4-5,7-8,11-12,14-15,18H2,1-3H3/t21-,24+. The van der Waals surface area contributed by atoms with Gasteiger partial charge in [0.1, 0.15) is 5.82 Å². The second-order valence-electron chi connectivity index (χ2n) is 11.3. The van der Waals surface area contributed by atoms with Crippen LogP contribution in [-0.4, -0.2) is 69.2 Å². The van der Waals surface area contributed by atoms with Gasteiger partial charge in [-0.15, -0.1) is 0 Å². The number of benzene rings is 1. The molecule has 1 aliphatic carbocycles. The van der Waals surface area contributed by atoms with Crippen molar-refractivity contribution in [3.63, 3.8) is 0 Å². The Kier molecular flexibility index (Phi) is 7.63. The molecule has 2 fully saturated rings. The first-order valence-electron chi connectivity index (χ1n) is 13.7. The molecule has 5 rings (SSSR count). The molecule has 1 N–H and O–H groups in total. The van der Waals surface area contributed by atoms with E-state index in [1.165, 1.54) is 17.7 Å². The van der Waals surface area contributed by atoms with E-state index in [9.17, 15) is 14.3 Å². The van der Waals surface area contributed by atoms with Crippen LogP contribution >= 0.6 is 0 Å². The summed E-state index contributed by atoms with van der Waals surface area (Å²) in [4.78, 5) is 21.9. The van der Waals surface area contributed by atoms with Gasteiger partial charge >= 0.3 is 0 Å². The molecule has 2 aromatic heterocycles. The lowest BCUT2D eigenvalue weighted by Gasteiger charge is -2.36. The van der Waals surface area contributed by atoms with E-state index in [-0.39, 0.29) is 18.1 Å². The van der Waals surface area contributed by atoms with Gasteiger partial charge in [-0.2, -0.15) is 0 Å². The molecule has 7 heteroatoms. The fourth-order valence-electron chi connectivity index (χ4n) is 6.06. The Balaban J connectivity index is 1.41. The molecule has 1 aromatic carbocycles. The largest absolute Gasteiger partial charge is 0.393 e. The molecular weight excluding hydrogens is 467 g/mol. The summed E-state index contributed by atoms with van der Waals surface area (Å²) in [5.74, 6) is 0.513. The van der Waals surface area contributed by atoms with Gasteiger partial charge in [0.15, 0.2) is 0 Å². The molecule has 198 valence electrons. The Labute approximate surface area is 219 Å². The minimum atomic E-state index is -0.418. The quantitative estimate of drug-likeness (QED) is 0.488. The molecule has 37 heavy (non-hydrogen) atoms. The van der Waals surface area contributed by atoms with Crippen LogP contribution in [0.2, 0.25) is 0 Å². The highest BCUT2D eigenvalue weighted by atomic mass is 19.1. The average Bonchev–Trinajstić information content (AvgIpc) is 3.29. The fraction of sp³-hybridized carbons (Fsp3) is 0.533. The van der Waals surface area contributed by atoms with Crippen molar-refractivity contribution < 1.29 is 14.3 Å². The molecular formula is C30H39FN4O2. The summed E-state index contributed by atoms with van der Waals surface area (Å²) in [5.41, 5.74) is 3.25. The Bertz CT molecular complexity index is 1240. The molecule has 0 bridgehead atoms. The molecule has 0 spiro atoms. The van der Waals surface area contributed by atoms with Crippen molar-refractivity contribution >= 4 is 16.8 Å². The van der Waals surface area contributed by atoms with Crippen molar-refractivity contribution in [2.24, 2.45) is 5.92 Å². The van der Waals surface area contributed by atoms with E-state index < -0.39 is 5.82 Å². The highest BCUT2D eigenvalue weighted by Crippen LogP contribution is 2.37. The predicted octanol–water partition coefficient (Wildman–Crippen LogP) is 5.38. The summed E-state index contributed by atoms with van der Waals surface area (Å²) in [6.07, 6.45) is 12.0. The maximum atomic E-state index is 14.3. The zero-order valence-corrected chi connectivity index (χ0v) is 22.2. The van der Waals surface area contributed by atoms with Gasteiger partial charge in [0.2, 0.25) is 0 Å². The van der Waals surface area contributed by atoms with Gasteiger partial charge in [0.05, 0.1) is 29.1 Å². The van der Waals surface area contributed by atoms with Gasteiger partial charge in [0.25, 0.3) is 5.91 Å². The van der Waals surface area contributed by atoms with Crippen LogP contribution < -0.4 is 0 Å². The number of nitrogens with zero attached hydrogens (tertiary/aromatic N) is 4. The molecule has 1 saturated heterocycles. The van der Waals surface area contributed by atoms with Crippen LogP contribution in [0.4, 0.5) is 4.39 Å². The van der Waals surface area contributed by atoms with Crippen LogP contribution in [0.5, 0.6) is 0 Å². The third kappa shape index (κ3) is 5.43. The molecule has 6 nitrogen and oxygen atoms in total. The number of fused-ring (bicyclic) bond motifs is 1. The summed E-state index contributed by atoms with van der Waals surface area (Å²) in [6, 6.07) is 6.54. The lowest BCUT2D eigenvalue weighted by atomic mass is 9.85. The number of aliphatic hydroxyl groups is 1. The molecule has 1 aliphatic heterocycles. The molecule has 3 heterocycles. The van der Waals surface area contributed by atoms with Crippen LogP contribution in [0.15, 0.2) is 42.9 Å². The summed E-state index contributed by atoms with van der Waals surface area (Å²) in [5, 5.41) is 11.0. The Morgan fingerprint density at radius 3 is 2.57 bits per heavy atom. The average molecular weight is 507 g/mol. The number of carbonyl (C=O) groups excluding carboxylic acids is 1. The Morgan fingerprint density at radius 2 is 1.86 bits per heavy atom. The Hall–Kier alpha value is -2.77. The SMILES string of the molecule is CC(C)N(C)C(=O)c1cc(F)ccc1-n1cc(C2CCN(C[C@H]3CC[C@@H](O)CC3)CC2)c2ccncc21. The normalized spacial score (nSPS) is 21.6. The first-order valence-corrected chi connectivity index (χ1v) is 13.7. The van der Waals surface area contributed by atoms with Crippen LogP contribution in [-0.2, 0) is 0 Å². The zero-order valence-electron chi connectivity index (χ0n) is 22.2. The van der Waals surface area contributed by atoms with Gasteiger partial charge in [-0.25, -0.2) is 4.39 Å². The highest BCUT2D eigenvalue weighted by Gasteiger charge is 2.28. The van der Waals surface area contributed by atoms with Crippen LogP contribution in [0.1, 0.15) is 74.2 Å². The monoisotopic (exact) mass is 506 g/mol. The molecule has 1 amide bonds.